The van der Waals surface area contributed by atoms with Crippen molar-refractivity contribution in [2.24, 2.45) is 5.92 Å². The third kappa shape index (κ3) is 7.51. The molecule has 0 amide bonds. The molecule has 21 heavy (non-hydrogen) atoms. The Kier molecular flexibility index (Phi) is 8.21. The van der Waals surface area contributed by atoms with Crippen molar-refractivity contribution in [2.75, 3.05) is 20.8 Å². The van der Waals surface area contributed by atoms with Crippen LogP contribution in [-0.4, -0.2) is 26.8 Å². The zero-order chi connectivity index (χ0) is 15.5. The van der Waals surface area contributed by atoms with E-state index in [2.05, 4.69) is 11.7 Å². The van der Waals surface area contributed by atoms with Crippen molar-refractivity contribution in [1.29, 1.82) is 0 Å². The summed E-state index contributed by atoms with van der Waals surface area (Å²) in [5.74, 6) is 0.994. The summed E-state index contributed by atoms with van der Waals surface area (Å²) in [6, 6.07) is 7.87. The van der Waals surface area contributed by atoms with Gasteiger partial charge in [0, 0.05) is 12.7 Å². The van der Waals surface area contributed by atoms with Gasteiger partial charge >= 0.3 is 5.97 Å². The SMILES string of the molecule is COC(=O)/C=C/CC[C@H](C)COCc1ccc(OC)cc1. The van der Waals surface area contributed by atoms with E-state index >= 15 is 0 Å². The highest BCUT2D eigenvalue weighted by Crippen LogP contribution is 2.13. The molecule has 0 saturated heterocycles. The van der Waals surface area contributed by atoms with E-state index in [-0.39, 0.29) is 5.97 Å². The Hall–Kier alpha value is -1.81. The normalized spacial score (nSPS) is 12.3. The van der Waals surface area contributed by atoms with Crippen molar-refractivity contribution >= 4 is 5.97 Å². The molecule has 0 heterocycles. The van der Waals surface area contributed by atoms with E-state index in [4.69, 9.17) is 9.47 Å². The van der Waals surface area contributed by atoms with E-state index in [9.17, 15) is 4.79 Å². The Balaban J connectivity index is 2.16. The first-order valence-electron chi connectivity index (χ1n) is 7.11. The van der Waals surface area contributed by atoms with Crippen LogP contribution >= 0.6 is 0 Å². The Labute approximate surface area is 126 Å². The summed E-state index contributed by atoms with van der Waals surface area (Å²) < 4.78 is 15.3. The van der Waals surface area contributed by atoms with E-state index < -0.39 is 0 Å². The summed E-state index contributed by atoms with van der Waals surface area (Å²) in [5, 5.41) is 0. The maximum absolute atomic E-state index is 10.9. The van der Waals surface area contributed by atoms with Gasteiger partial charge in [-0.05, 0) is 36.5 Å². The Morgan fingerprint density at radius 2 is 1.95 bits per heavy atom. The van der Waals surface area contributed by atoms with Crippen LogP contribution < -0.4 is 4.74 Å². The third-order valence-corrected chi connectivity index (χ3v) is 3.11. The number of hydrogen-bond acceptors (Lipinski definition) is 4. The Morgan fingerprint density at radius 3 is 2.57 bits per heavy atom. The molecular formula is C17H24O4. The van der Waals surface area contributed by atoms with Crippen LogP contribution in [0.15, 0.2) is 36.4 Å². The predicted molar refractivity (Wildman–Crippen MR) is 82.2 cm³/mol. The average Bonchev–Trinajstić information content (AvgIpc) is 2.52. The quantitative estimate of drug-likeness (QED) is 0.517. The number of methoxy groups -OCH3 is 2. The van der Waals surface area contributed by atoms with E-state index in [1.165, 1.54) is 13.2 Å². The van der Waals surface area contributed by atoms with Crippen LogP contribution in [0.25, 0.3) is 0 Å². The van der Waals surface area contributed by atoms with Crippen LogP contribution in [0.5, 0.6) is 5.75 Å². The molecule has 0 bridgehead atoms. The van der Waals surface area contributed by atoms with Crippen LogP contribution in [0.2, 0.25) is 0 Å². The molecule has 4 heteroatoms. The first-order chi connectivity index (χ1) is 10.2. The summed E-state index contributed by atoms with van der Waals surface area (Å²) >= 11 is 0. The van der Waals surface area contributed by atoms with Gasteiger partial charge in [-0.3, -0.25) is 0 Å². The lowest BCUT2D eigenvalue weighted by atomic mass is 10.1. The third-order valence-electron chi connectivity index (χ3n) is 3.11. The topological polar surface area (TPSA) is 44.8 Å². The lowest BCUT2D eigenvalue weighted by Crippen LogP contribution is -2.05. The number of rotatable bonds is 9. The highest BCUT2D eigenvalue weighted by atomic mass is 16.5. The molecular weight excluding hydrogens is 268 g/mol. The molecule has 1 aromatic rings. The van der Waals surface area contributed by atoms with Crippen molar-refractivity contribution in [3.8, 4) is 5.75 Å². The monoisotopic (exact) mass is 292 g/mol. The van der Waals surface area contributed by atoms with Crippen LogP contribution in [0, 0.1) is 5.92 Å². The number of hydrogen-bond donors (Lipinski definition) is 0. The molecule has 0 N–H and O–H groups in total. The van der Waals surface area contributed by atoms with Crippen molar-refractivity contribution in [3.63, 3.8) is 0 Å². The predicted octanol–water partition coefficient (Wildman–Crippen LogP) is 3.36. The van der Waals surface area contributed by atoms with Gasteiger partial charge in [0.15, 0.2) is 0 Å². The second-order valence-electron chi connectivity index (χ2n) is 4.97. The van der Waals surface area contributed by atoms with Gasteiger partial charge < -0.3 is 14.2 Å². The fraction of sp³-hybridized carbons (Fsp3) is 0.471. The second-order valence-corrected chi connectivity index (χ2v) is 4.97. The number of ether oxygens (including phenoxy) is 3. The van der Waals surface area contributed by atoms with Crippen LogP contribution in [-0.2, 0) is 20.9 Å². The van der Waals surface area contributed by atoms with Crippen LogP contribution in [0.1, 0.15) is 25.3 Å². The molecule has 116 valence electrons. The van der Waals surface area contributed by atoms with Gasteiger partial charge in [-0.25, -0.2) is 4.79 Å². The average molecular weight is 292 g/mol. The molecule has 0 radical (unpaired) electrons. The van der Waals surface area contributed by atoms with Crippen LogP contribution in [0.3, 0.4) is 0 Å². The summed E-state index contributed by atoms with van der Waals surface area (Å²) in [4.78, 5) is 10.9. The fourth-order valence-electron chi connectivity index (χ4n) is 1.81. The Morgan fingerprint density at radius 1 is 1.24 bits per heavy atom. The Bertz CT molecular complexity index is 437. The molecule has 0 spiro atoms. The van der Waals surface area contributed by atoms with Crippen molar-refractivity contribution in [3.05, 3.63) is 42.0 Å². The molecule has 4 nitrogen and oxygen atoms in total. The molecule has 1 atom stereocenters. The second kappa shape index (κ2) is 10.00. The van der Waals surface area contributed by atoms with Crippen molar-refractivity contribution < 1.29 is 19.0 Å². The summed E-state index contributed by atoms with van der Waals surface area (Å²) in [5.41, 5.74) is 1.13. The van der Waals surface area contributed by atoms with E-state index in [0.29, 0.717) is 19.1 Å². The van der Waals surface area contributed by atoms with Gasteiger partial charge in [0.1, 0.15) is 5.75 Å². The molecule has 0 saturated carbocycles. The highest BCUT2D eigenvalue weighted by Gasteiger charge is 2.02. The zero-order valence-corrected chi connectivity index (χ0v) is 13.0. The largest absolute Gasteiger partial charge is 0.497 e. The molecule has 1 aromatic carbocycles. The smallest absolute Gasteiger partial charge is 0.330 e. The lowest BCUT2D eigenvalue weighted by molar-refractivity contribution is -0.134. The maximum Gasteiger partial charge on any atom is 0.330 e. The summed E-state index contributed by atoms with van der Waals surface area (Å²) in [7, 11) is 3.03. The van der Waals surface area contributed by atoms with Gasteiger partial charge in [-0.15, -0.1) is 0 Å². The summed E-state index contributed by atoms with van der Waals surface area (Å²) in [6.07, 6.45) is 5.13. The van der Waals surface area contributed by atoms with E-state index in [1.54, 1.807) is 7.11 Å². The highest BCUT2D eigenvalue weighted by molar-refractivity contribution is 5.81. The molecule has 0 unspecified atom stereocenters. The van der Waals surface area contributed by atoms with Gasteiger partial charge in [0.25, 0.3) is 0 Å². The van der Waals surface area contributed by atoms with Gasteiger partial charge in [0.05, 0.1) is 20.8 Å². The minimum atomic E-state index is -0.307. The van der Waals surface area contributed by atoms with Gasteiger partial charge in [-0.2, -0.15) is 0 Å². The van der Waals surface area contributed by atoms with E-state index in [1.807, 2.05) is 30.3 Å². The maximum atomic E-state index is 10.9. The van der Waals surface area contributed by atoms with Crippen molar-refractivity contribution in [1.82, 2.24) is 0 Å². The standard InChI is InChI=1S/C17H24O4/c1-14(6-4-5-7-17(18)20-3)12-21-13-15-8-10-16(19-2)11-9-15/h5,7-11,14H,4,6,12-13H2,1-3H3/b7-5+/t14-/m0/s1. The van der Waals surface area contributed by atoms with Crippen molar-refractivity contribution in [2.45, 2.75) is 26.4 Å². The molecule has 0 aliphatic rings. The number of allylic oxidation sites excluding steroid dienone is 1. The lowest BCUT2D eigenvalue weighted by Gasteiger charge is -2.11. The molecule has 1 rings (SSSR count). The zero-order valence-electron chi connectivity index (χ0n) is 13.0. The fourth-order valence-corrected chi connectivity index (χ4v) is 1.81. The number of carbonyl (C=O) groups is 1. The first kappa shape index (κ1) is 17.2. The summed E-state index contributed by atoms with van der Waals surface area (Å²) in [6.45, 7) is 3.45. The number of esters is 1. The number of carbonyl (C=O) groups excluding carboxylic acids is 1. The minimum Gasteiger partial charge on any atom is -0.497 e. The van der Waals surface area contributed by atoms with Gasteiger partial charge in [-0.1, -0.05) is 25.1 Å². The minimum absolute atomic E-state index is 0.307. The van der Waals surface area contributed by atoms with Gasteiger partial charge in [0.2, 0.25) is 0 Å². The van der Waals surface area contributed by atoms with E-state index in [0.717, 1.165) is 24.2 Å². The molecule has 0 aromatic heterocycles. The molecule has 0 aliphatic carbocycles. The van der Waals surface area contributed by atoms with Crippen LogP contribution in [0.4, 0.5) is 0 Å². The molecule has 0 aliphatic heterocycles. The first-order valence-corrected chi connectivity index (χ1v) is 7.11. The molecule has 0 fully saturated rings. The number of benzene rings is 1.